The van der Waals surface area contributed by atoms with Crippen LogP contribution in [0.2, 0.25) is 0 Å². The summed E-state index contributed by atoms with van der Waals surface area (Å²) in [6.45, 7) is 9.20. The Kier molecular flexibility index (Phi) is 8.76. The number of hydrogen-bond acceptors (Lipinski definition) is 5. The fraction of sp³-hybridized carbons (Fsp3) is 0.550. The van der Waals surface area contributed by atoms with Crippen LogP contribution in [0.4, 0.5) is 9.59 Å². The first-order valence-electron chi connectivity index (χ1n) is 9.22. The number of likely N-dealkylation sites (N-methyl/N-ethyl adjacent to an activating group) is 1. The Bertz CT molecular complexity index is 656. The summed E-state index contributed by atoms with van der Waals surface area (Å²) in [5, 5.41) is 0. The Labute approximate surface area is 166 Å². The molecule has 28 heavy (non-hydrogen) atoms. The lowest BCUT2D eigenvalue weighted by Gasteiger charge is -2.30. The van der Waals surface area contributed by atoms with Crippen molar-refractivity contribution in [1.82, 2.24) is 15.8 Å². The highest BCUT2D eigenvalue weighted by Gasteiger charge is 2.31. The lowest BCUT2D eigenvalue weighted by atomic mass is 10.0. The van der Waals surface area contributed by atoms with Gasteiger partial charge in [-0.2, -0.15) is 0 Å². The van der Waals surface area contributed by atoms with Crippen molar-refractivity contribution in [1.29, 1.82) is 0 Å². The van der Waals surface area contributed by atoms with Crippen LogP contribution in [0, 0.1) is 5.92 Å². The van der Waals surface area contributed by atoms with Gasteiger partial charge >= 0.3 is 12.2 Å². The number of nitrogens with one attached hydrogen (secondary N) is 2. The van der Waals surface area contributed by atoms with Crippen molar-refractivity contribution in [2.45, 2.75) is 59.3 Å². The molecule has 0 bridgehead atoms. The molecule has 1 aromatic carbocycles. The molecule has 2 N–H and O–H groups in total. The van der Waals surface area contributed by atoms with Gasteiger partial charge < -0.3 is 9.47 Å². The van der Waals surface area contributed by atoms with Crippen molar-refractivity contribution in [2.24, 2.45) is 5.92 Å². The van der Waals surface area contributed by atoms with E-state index < -0.39 is 29.7 Å². The molecule has 0 spiro atoms. The SMILES string of the molecule is CC(C)C[C@@H](C(=O)NNC(=O)OCc1ccccc1)N(C)C(=O)OC(C)(C)C. The lowest BCUT2D eigenvalue weighted by Crippen LogP contribution is -2.54. The molecule has 0 aliphatic carbocycles. The van der Waals surface area contributed by atoms with E-state index in [4.69, 9.17) is 9.47 Å². The van der Waals surface area contributed by atoms with Gasteiger partial charge in [-0.25, -0.2) is 15.0 Å². The van der Waals surface area contributed by atoms with Gasteiger partial charge in [0.1, 0.15) is 18.2 Å². The molecule has 0 unspecified atom stereocenters. The molecular weight excluding hydrogens is 362 g/mol. The van der Waals surface area contributed by atoms with Gasteiger partial charge in [0.2, 0.25) is 0 Å². The van der Waals surface area contributed by atoms with Crippen molar-refractivity contribution in [3.05, 3.63) is 35.9 Å². The van der Waals surface area contributed by atoms with Crippen molar-refractivity contribution in [3.8, 4) is 0 Å². The van der Waals surface area contributed by atoms with Crippen molar-refractivity contribution in [2.75, 3.05) is 7.05 Å². The van der Waals surface area contributed by atoms with Crippen molar-refractivity contribution < 1.29 is 23.9 Å². The zero-order chi connectivity index (χ0) is 21.3. The van der Waals surface area contributed by atoms with Gasteiger partial charge in [0.15, 0.2) is 0 Å². The number of hydrogen-bond donors (Lipinski definition) is 2. The average molecular weight is 393 g/mol. The smallest absolute Gasteiger partial charge is 0.426 e. The van der Waals surface area contributed by atoms with Crippen LogP contribution in [-0.2, 0) is 20.9 Å². The summed E-state index contributed by atoms with van der Waals surface area (Å²) in [5.74, 6) is -0.385. The Morgan fingerprint density at radius 1 is 1.07 bits per heavy atom. The molecule has 3 amide bonds. The van der Waals surface area contributed by atoms with Crippen LogP contribution >= 0.6 is 0 Å². The topological polar surface area (TPSA) is 97.0 Å². The second-order valence-electron chi connectivity index (χ2n) is 7.91. The number of carbonyl (C=O) groups is 3. The highest BCUT2D eigenvalue weighted by Crippen LogP contribution is 2.15. The summed E-state index contributed by atoms with van der Waals surface area (Å²) in [7, 11) is 1.49. The zero-order valence-corrected chi connectivity index (χ0v) is 17.4. The molecule has 156 valence electrons. The predicted molar refractivity (Wildman–Crippen MR) is 105 cm³/mol. The Morgan fingerprint density at radius 2 is 1.68 bits per heavy atom. The van der Waals surface area contributed by atoms with Gasteiger partial charge in [-0.05, 0) is 38.7 Å². The molecule has 0 fully saturated rings. The largest absolute Gasteiger partial charge is 0.444 e. The maximum absolute atomic E-state index is 12.5. The molecule has 0 saturated carbocycles. The molecule has 0 heterocycles. The number of ether oxygens (including phenoxy) is 2. The Hall–Kier alpha value is -2.77. The van der Waals surface area contributed by atoms with Gasteiger partial charge in [-0.3, -0.25) is 15.1 Å². The highest BCUT2D eigenvalue weighted by molar-refractivity contribution is 5.86. The Morgan fingerprint density at radius 3 is 2.21 bits per heavy atom. The van der Waals surface area contributed by atoms with Crippen LogP contribution in [0.5, 0.6) is 0 Å². The number of benzene rings is 1. The molecular formula is C20H31N3O5. The lowest BCUT2D eigenvalue weighted by molar-refractivity contribution is -0.127. The molecule has 8 heteroatoms. The molecule has 1 rings (SSSR count). The summed E-state index contributed by atoms with van der Waals surface area (Å²) >= 11 is 0. The van der Waals surface area contributed by atoms with Gasteiger partial charge in [-0.15, -0.1) is 0 Å². The second-order valence-corrected chi connectivity index (χ2v) is 7.91. The van der Waals surface area contributed by atoms with Crippen LogP contribution in [0.25, 0.3) is 0 Å². The van der Waals surface area contributed by atoms with Crippen LogP contribution in [-0.4, -0.2) is 41.7 Å². The monoisotopic (exact) mass is 393 g/mol. The number of carbonyl (C=O) groups excluding carboxylic acids is 3. The Balaban J connectivity index is 2.61. The molecule has 1 atom stereocenters. The quantitative estimate of drug-likeness (QED) is 0.723. The second kappa shape index (κ2) is 10.5. The van der Waals surface area contributed by atoms with E-state index in [1.54, 1.807) is 20.8 Å². The van der Waals surface area contributed by atoms with E-state index in [0.717, 1.165) is 5.56 Å². The van der Waals surface area contributed by atoms with E-state index in [0.29, 0.717) is 6.42 Å². The maximum atomic E-state index is 12.5. The zero-order valence-electron chi connectivity index (χ0n) is 17.4. The molecule has 8 nitrogen and oxygen atoms in total. The molecule has 0 aliphatic rings. The fourth-order valence-electron chi connectivity index (χ4n) is 2.30. The highest BCUT2D eigenvalue weighted by atomic mass is 16.6. The van der Waals surface area contributed by atoms with Crippen LogP contribution in [0.15, 0.2) is 30.3 Å². The number of nitrogens with zero attached hydrogens (tertiary/aromatic N) is 1. The van der Waals surface area contributed by atoms with Crippen LogP contribution < -0.4 is 10.9 Å². The predicted octanol–water partition coefficient (Wildman–Crippen LogP) is 3.23. The summed E-state index contributed by atoms with van der Waals surface area (Å²) in [6.07, 6.45) is -0.997. The number of hydrazine groups is 1. The number of amides is 3. The van der Waals surface area contributed by atoms with Gasteiger partial charge in [-0.1, -0.05) is 44.2 Å². The third-order valence-electron chi connectivity index (χ3n) is 3.65. The van der Waals surface area contributed by atoms with Crippen molar-refractivity contribution in [3.63, 3.8) is 0 Å². The van der Waals surface area contributed by atoms with E-state index in [2.05, 4.69) is 10.9 Å². The van der Waals surface area contributed by atoms with Gasteiger partial charge in [0.25, 0.3) is 5.91 Å². The van der Waals surface area contributed by atoms with E-state index >= 15 is 0 Å². The molecule has 1 aromatic rings. The molecule has 0 saturated heterocycles. The summed E-state index contributed by atoms with van der Waals surface area (Å²) in [5.41, 5.74) is 4.67. The standard InChI is InChI=1S/C20H31N3O5/c1-14(2)12-16(23(6)19(26)28-20(3,4)5)17(24)21-22-18(25)27-13-15-10-8-7-9-11-15/h7-11,14,16H,12-13H2,1-6H3,(H,21,24)(H,22,25)/t16-/m0/s1. The van der Waals surface area contributed by atoms with Crippen LogP contribution in [0.1, 0.15) is 46.6 Å². The fourth-order valence-corrected chi connectivity index (χ4v) is 2.30. The van der Waals surface area contributed by atoms with E-state index in [-0.39, 0.29) is 12.5 Å². The van der Waals surface area contributed by atoms with E-state index in [1.165, 1.54) is 11.9 Å². The van der Waals surface area contributed by atoms with Gasteiger partial charge in [0, 0.05) is 7.05 Å². The van der Waals surface area contributed by atoms with Crippen molar-refractivity contribution >= 4 is 18.1 Å². The van der Waals surface area contributed by atoms with Gasteiger partial charge in [0.05, 0.1) is 0 Å². The first kappa shape index (κ1) is 23.3. The third-order valence-corrected chi connectivity index (χ3v) is 3.65. The van der Waals surface area contributed by atoms with Crippen LogP contribution in [0.3, 0.4) is 0 Å². The summed E-state index contributed by atoms with van der Waals surface area (Å²) in [6, 6.07) is 8.37. The van der Waals surface area contributed by atoms with E-state index in [9.17, 15) is 14.4 Å². The summed E-state index contributed by atoms with van der Waals surface area (Å²) in [4.78, 5) is 37.9. The normalized spacial score (nSPS) is 12.1. The molecule has 0 aliphatic heterocycles. The molecule has 0 aromatic heterocycles. The first-order chi connectivity index (χ1) is 13.0. The number of rotatable bonds is 6. The van der Waals surface area contributed by atoms with E-state index in [1.807, 2.05) is 44.2 Å². The minimum Gasteiger partial charge on any atom is -0.444 e. The first-order valence-corrected chi connectivity index (χ1v) is 9.22. The maximum Gasteiger partial charge on any atom is 0.426 e. The third kappa shape index (κ3) is 8.75. The summed E-state index contributed by atoms with van der Waals surface area (Å²) < 4.78 is 10.4. The minimum atomic E-state index is -0.802. The average Bonchev–Trinajstić information content (AvgIpc) is 2.61. The molecule has 0 radical (unpaired) electrons. The minimum absolute atomic E-state index is 0.0791.